The van der Waals surface area contributed by atoms with Crippen molar-refractivity contribution < 1.29 is 27.2 Å². The average Bonchev–Trinajstić information content (AvgIpc) is 3.58. The van der Waals surface area contributed by atoms with E-state index in [9.17, 15) is 27.2 Å². The van der Waals surface area contributed by atoms with E-state index < -0.39 is 23.6 Å². The number of H-pyrrole nitrogens is 1. The number of carbonyl (C=O) groups is 2. The Bertz CT molecular complexity index is 1460. The monoisotopic (exact) mass is 482 g/mol. The number of ketones is 1. The zero-order chi connectivity index (χ0) is 24.7. The van der Waals surface area contributed by atoms with Crippen molar-refractivity contribution >= 4 is 28.4 Å². The Morgan fingerprint density at radius 3 is 2.57 bits per heavy atom. The molecule has 1 fully saturated rings. The van der Waals surface area contributed by atoms with E-state index in [0.29, 0.717) is 33.8 Å². The maximum Gasteiger partial charge on any atom is 0.433 e. The second-order valence-electron chi connectivity index (χ2n) is 8.42. The molecule has 0 unspecified atom stereocenters. The molecule has 0 saturated heterocycles. The molecular formula is C25H18F4N4O2. The molecule has 3 heterocycles. The largest absolute Gasteiger partial charge is 0.433 e. The first-order valence-electron chi connectivity index (χ1n) is 10.8. The summed E-state index contributed by atoms with van der Waals surface area (Å²) in [7, 11) is 0. The first kappa shape index (κ1) is 22.7. The van der Waals surface area contributed by atoms with Crippen LogP contribution in [0, 0.1) is 11.7 Å². The van der Waals surface area contributed by atoms with E-state index >= 15 is 0 Å². The standard InChI is InChI=1S/C25H18F4N4O2/c26-20-8-14(16-7-18-19(23(35)13-1-2-13)12-32-24(18)31-11-16)3-4-15(20)9-22(34)33-17-5-6-30-21(10-17)25(27,28)29/h3-8,10-13H,1-2,9H2,(H,31,32)(H,30,33,34). The number of amides is 1. The molecule has 1 saturated carbocycles. The maximum atomic E-state index is 14.8. The number of hydrogen-bond donors (Lipinski definition) is 2. The van der Waals surface area contributed by atoms with Gasteiger partial charge in [-0.15, -0.1) is 0 Å². The molecule has 5 rings (SSSR count). The normalized spacial score (nSPS) is 13.7. The molecule has 0 aliphatic heterocycles. The topological polar surface area (TPSA) is 87.7 Å². The lowest BCUT2D eigenvalue weighted by molar-refractivity contribution is -0.141. The number of anilines is 1. The number of carbonyl (C=O) groups excluding carboxylic acids is 2. The van der Waals surface area contributed by atoms with E-state index in [1.165, 1.54) is 18.2 Å². The third-order valence-electron chi connectivity index (χ3n) is 5.82. The van der Waals surface area contributed by atoms with Crippen molar-refractivity contribution in [2.24, 2.45) is 5.92 Å². The molecule has 35 heavy (non-hydrogen) atoms. The highest BCUT2D eigenvalue weighted by molar-refractivity contribution is 6.09. The van der Waals surface area contributed by atoms with Crippen molar-refractivity contribution in [3.63, 3.8) is 0 Å². The van der Waals surface area contributed by atoms with Crippen LogP contribution in [-0.2, 0) is 17.4 Å². The Balaban J connectivity index is 1.33. The number of hydrogen-bond acceptors (Lipinski definition) is 4. The van der Waals surface area contributed by atoms with Gasteiger partial charge < -0.3 is 10.3 Å². The van der Waals surface area contributed by atoms with Crippen LogP contribution in [0.5, 0.6) is 0 Å². The Hall–Kier alpha value is -4.08. The Kier molecular flexibility index (Phi) is 5.58. The molecule has 0 bridgehead atoms. The van der Waals surface area contributed by atoms with Gasteiger partial charge in [0.1, 0.15) is 17.2 Å². The number of pyridine rings is 2. The summed E-state index contributed by atoms with van der Waals surface area (Å²) in [6, 6.07) is 8.03. The minimum atomic E-state index is -4.65. The van der Waals surface area contributed by atoms with Crippen molar-refractivity contribution in [1.29, 1.82) is 0 Å². The van der Waals surface area contributed by atoms with Gasteiger partial charge in [-0.1, -0.05) is 12.1 Å². The van der Waals surface area contributed by atoms with Crippen LogP contribution in [0.15, 0.2) is 55.0 Å². The van der Waals surface area contributed by atoms with Crippen LogP contribution in [0.3, 0.4) is 0 Å². The molecule has 0 spiro atoms. The molecule has 1 aliphatic rings. The summed E-state index contributed by atoms with van der Waals surface area (Å²) in [5, 5.41) is 3.00. The summed E-state index contributed by atoms with van der Waals surface area (Å²) in [5.41, 5.74) is 1.10. The van der Waals surface area contributed by atoms with Crippen LogP contribution in [0.4, 0.5) is 23.2 Å². The van der Waals surface area contributed by atoms with E-state index in [2.05, 4.69) is 20.3 Å². The molecule has 10 heteroatoms. The van der Waals surface area contributed by atoms with Crippen molar-refractivity contribution in [3.05, 3.63) is 77.6 Å². The number of alkyl halides is 3. The van der Waals surface area contributed by atoms with Gasteiger partial charge in [0.2, 0.25) is 5.91 Å². The quantitative estimate of drug-likeness (QED) is 0.278. The van der Waals surface area contributed by atoms with Gasteiger partial charge in [0.05, 0.1) is 6.42 Å². The van der Waals surface area contributed by atoms with Gasteiger partial charge in [0, 0.05) is 46.7 Å². The van der Waals surface area contributed by atoms with E-state index in [0.717, 1.165) is 19.0 Å². The number of nitrogens with zero attached hydrogens (tertiary/aromatic N) is 2. The van der Waals surface area contributed by atoms with Crippen LogP contribution in [0.1, 0.15) is 34.5 Å². The Morgan fingerprint density at radius 1 is 1.06 bits per heavy atom. The molecule has 1 amide bonds. The lowest BCUT2D eigenvalue weighted by Gasteiger charge is -2.10. The fraction of sp³-hybridized carbons (Fsp3) is 0.200. The summed E-state index contributed by atoms with van der Waals surface area (Å²) >= 11 is 0. The van der Waals surface area contributed by atoms with Crippen LogP contribution in [-0.4, -0.2) is 26.6 Å². The summed E-state index contributed by atoms with van der Waals surface area (Å²) in [5.74, 6) is -1.20. The second-order valence-corrected chi connectivity index (χ2v) is 8.42. The third-order valence-corrected chi connectivity index (χ3v) is 5.82. The number of fused-ring (bicyclic) bond motifs is 1. The van der Waals surface area contributed by atoms with Crippen molar-refractivity contribution in [2.75, 3.05) is 5.32 Å². The zero-order valence-corrected chi connectivity index (χ0v) is 18.1. The van der Waals surface area contributed by atoms with Crippen LogP contribution in [0.2, 0.25) is 0 Å². The lowest BCUT2D eigenvalue weighted by atomic mass is 10.0. The van der Waals surface area contributed by atoms with Gasteiger partial charge in [-0.05, 0) is 48.2 Å². The number of halogens is 4. The van der Waals surface area contributed by atoms with Gasteiger partial charge in [0.25, 0.3) is 0 Å². The minimum Gasteiger partial charge on any atom is -0.345 e. The van der Waals surface area contributed by atoms with Crippen molar-refractivity contribution in [2.45, 2.75) is 25.4 Å². The molecule has 3 aromatic heterocycles. The predicted octanol–water partition coefficient (Wildman–Crippen LogP) is 5.56. The van der Waals surface area contributed by atoms with Crippen LogP contribution < -0.4 is 5.32 Å². The molecular weight excluding hydrogens is 464 g/mol. The average molecular weight is 482 g/mol. The number of nitrogens with one attached hydrogen (secondary N) is 2. The SMILES string of the molecule is O=C(Cc1ccc(-c2cnc3[nH]cc(C(=O)C4CC4)c3c2)cc1F)Nc1ccnc(C(F)(F)F)c1. The van der Waals surface area contributed by atoms with Crippen LogP contribution >= 0.6 is 0 Å². The van der Waals surface area contributed by atoms with Gasteiger partial charge in [-0.3, -0.25) is 14.6 Å². The van der Waals surface area contributed by atoms with Crippen LogP contribution in [0.25, 0.3) is 22.2 Å². The van der Waals surface area contributed by atoms with Gasteiger partial charge in [-0.2, -0.15) is 13.2 Å². The Labute approximate surface area is 196 Å². The third kappa shape index (κ3) is 4.77. The minimum absolute atomic E-state index is 0.0488. The number of rotatable bonds is 6. The predicted molar refractivity (Wildman–Crippen MR) is 120 cm³/mol. The summed E-state index contributed by atoms with van der Waals surface area (Å²) < 4.78 is 53.2. The lowest BCUT2D eigenvalue weighted by Crippen LogP contribution is -2.16. The zero-order valence-electron chi connectivity index (χ0n) is 18.1. The summed E-state index contributed by atoms with van der Waals surface area (Å²) in [4.78, 5) is 35.4. The molecule has 1 aromatic carbocycles. The number of aromatic nitrogens is 3. The first-order chi connectivity index (χ1) is 16.7. The Morgan fingerprint density at radius 2 is 1.86 bits per heavy atom. The van der Waals surface area contributed by atoms with Gasteiger partial charge in [0.15, 0.2) is 5.78 Å². The maximum absolute atomic E-state index is 14.8. The molecule has 2 N–H and O–H groups in total. The number of benzene rings is 1. The van der Waals surface area contributed by atoms with E-state index in [1.807, 2.05) is 0 Å². The fourth-order valence-corrected chi connectivity index (χ4v) is 3.84. The molecule has 4 aromatic rings. The molecule has 6 nitrogen and oxygen atoms in total. The highest BCUT2D eigenvalue weighted by Gasteiger charge is 2.33. The highest BCUT2D eigenvalue weighted by Crippen LogP contribution is 2.35. The molecule has 0 radical (unpaired) electrons. The number of Topliss-reactive ketones (excluding diaryl/α,β-unsaturated/α-hetero) is 1. The van der Waals surface area contributed by atoms with Gasteiger partial charge >= 0.3 is 6.18 Å². The van der Waals surface area contributed by atoms with E-state index in [4.69, 9.17) is 0 Å². The van der Waals surface area contributed by atoms with Crippen molar-refractivity contribution in [3.8, 4) is 11.1 Å². The van der Waals surface area contributed by atoms with E-state index in [1.54, 1.807) is 24.5 Å². The highest BCUT2D eigenvalue weighted by atomic mass is 19.4. The molecule has 0 atom stereocenters. The molecule has 1 aliphatic carbocycles. The van der Waals surface area contributed by atoms with E-state index in [-0.39, 0.29) is 29.4 Å². The summed E-state index contributed by atoms with van der Waals surface area (Å²) in [6.07, 6.45) is 0.885. The number of aromatic amines is 1. The first-order valence-corrected chi connectivity index (χ1v) is 10.8. The molecule has 178 valence electrons. The van der Waals surface area contributed by atoms with Gasteiger partial charge in [-0.25, -0.2) is 9.37 Å². The second kappa shape index (κ2) is 8.61. The summed E-state index contributed by atoms with van der Waals surface area (Å²) in [6.45, 7) is 0. The smallest absolute Gasteiger partial charge is 0.345 e. The van der Waals surface area contributed by atoms with Crippen molar-refractivity contribution in [1.82, 2.24) is 15.0 Å². The fourth-order valence-electron chi connectivity index (χ4n) is 3.84.